The minimum absolute atomic E-state index is 0.00689. The molecule has 1 aromatic rings. The molecule has 0 aliphatic rings. The lowest BCUT2D eigenvalue weighted by molar-refractivity contribution is -0.125. The van der Waals surface area contributed by atoms with Gasteiger partial charge in [0.05, 0.1) is 18.3 Å². The summed E-state index contributed by atoms with van der Waals surface area (Å²) in [7, 11) is 0. The summed E-state index contributed by atoms with van der Waals surface area (Å²) >= 11 is 0. The predicted molar refractivity (Wildman–Crippen MR) is 123 cm³/mol. The van der Waals surface area contributed by atoms with Gasteiger partial charge < -0.3 is 19.9 Å². The lowest BCUT2D eigenvalue weighted by Crippen LogP contribution is -2.33. The molecule has 30 heavy (non-hydrogen) atoms. The van der Waals surface area contributed by atoms with Crippen molar-refractivity contribution in [3.05, 3.63) is 23.8 Å². The van der Waals surface area contributed by atoms with E-state index in [0.717, 1.165) is 24.8 Å². The number of ether oxygens (including phenoxy) is 2. The number of hydrogen-bond donors (Lipinski definition) is 2. The van der Waals surface area contributed by atoms with Gasteiger partial charge >= 0.3 is 0 Å². The second kappa shape index (κ2) is 13.0. The Hall–Kier alpha value is -1.59. The quantitative estimate of drug-likeness (QED) is 0.426. The molecule has 0 bridgehead atoms. The largest absolute Gasteiger partial charge is 0.491 e. The van der Waals surface area contributed by atoms with Crippen LogP contribution in [0.15, 0.2) is 18.2 Å². The standard InChI is InChI=1S/C25H43NO4/c1-9-19(7)29-22-12-21(13-23(14-22)30-20(8)10-2)24(27)15-26-18(6)11-17(5)25(28)16(3)4/h12-14,16-20,24,26-27H,9-11,15H2,1-8H3. The van der Waals surface area contributed by atoms with Crippen LogP contribution in [0.5, 0.6) is 11.5 Å². The van der Waals surface area contributed by atoms with Gasteiger partial charge in [0, 0.05) is 30.5 Å². The fourth-order valence-corrected chi connectivity index (χ4v) is 3.28. The molecule has 0 aromatic heterocycles. The van der Waals surface area contributed by atoms with Crippen molar-refractivity contribution < 1.29 is 19.4 Å². The summed E-state index contributed by atoms with van der Waals surface area (Å²) in [5.41, 5.74) is 0.764. The first-order chi connectivity index (χ1) is 14.1. The number of Topliss-reactive ketones (excluding diaryl/α,β-unsaturated/α-hetero) is 1. The Bertz CT molecular complexity index is 616. The van der Waals surface area contributed by atoms with Gasteiger partial charge in [0.2, 0.25) is 0 Å². The summed E-state index contributed by atoms with van der Waals surface area (Å²) in [6, 6.07) is 5.80. The van der Waals surface area contributed by atoms with Crippen LogP contribution in [0.3, 0.4) is 0 Å². The second-order valence-corrected chi connectivity index (χ2v) is 8.93. The van der Waals surface area contributed by atoms with E-state index in [1.165, 1.54) is 0 Å². The van der Waals surface area contributed by atoms with Crippen molar-refractivity contribution >= 4 is 5.78 Å². The van der Waals surface area contributed by atoms with Gasteiger partial charge in [0.15, 0.2) is 0 Å². The summed E-state index contributed by atoms with van der Waals surface area (Å²) in [4.78, 5) is 12.1. The van der Waals surface area contributed by atoms with Crippen molar-refractivity contribution in [2.45, 2.75) is 99.0 Å². The molecule has 2 N–H and O–H groups in total. The Kier molecular flexibility index (Phi) is 11.4. The monoisotopic (exact) mass is 421 g/mol. The van der Waals surface area contributed by atoms with Crippen LogP contribution in [0, 0.1) is 11.8 Å². The molecule has 0 saturated heterocycles. The molecule has 5 atom stereocenters. The maximum absolute atomic E-state index is 12.1. The van der Waals surface area contributed by atoms with Crippen molar-refractivity contribution in [1.82, 2.24) is 5.32 Å². The summed E-state index contributed by atoms with van der Waals surface area (Å²) in [5.74, 6) is 1.76. The van der Waals surface area contributed by atoms with Crippen LogP contribution < -0.4 is 14.8 Å². The van der Waals surface area contributed by atoms with Crippen molar-refractivity contribution in [3.63, 3.8) is 0 Å². The van der Waals surface area contributed by atoms with Crippen molar-refractivity contribution in [3.8, 4) is 11.5 Å². The highest BCUT2D eigenvalue weighted by Crippen LogP contribution is 2.29. The molecule has 0 spiro atoms. The van der Waals surface area contributed by atoms with Crippen molar-refractivity contribution in [2.24, 2.45) is 11.8 Å². The predicted octanol–water partition coefficient (Wildman–Crippen LogP) is 5.30. The van der Waals surface area contributed by atoms with Crippen LogP contribution in [0.2, 0.25) is 0 Å². The van der Waals surface area contributed by atoms with E-state index in [4.69, 9.17) is 9.47 Å². The summed E-state index contributed by atoms with van der Waals surface area (Å²) in [5, 5.41) is 14.2. The minimum Gasteiger partial charge on any atom is -0.491 e. The molecule has 0 saturated carbocycles. The van der Waals surface area contributed by atoms with E-state index in [1.807, 2.05) is 52.8 Å². The number of ketones is 1. The zero-order valence-corrected chi connectivity index (χ0v) is 20.2. The summed E-state index contributed by atoms with van der Waals surface area (Å²) < 4.78 is 12.0. The lowest BCUT2D eigenvalue weighted by atomic mass is 9.91. The van der Waals surface area contributed by atoms with E-state index in [2.05, 4.69) is 26.1 Å². The number of carbonyl (C=O) groups is 1. The normalized spacial score (nSPS) is 16.6. The van der Waals surface area contributed by atoms with E-state index in [1.54, 1.807) is 0 Å². The van der Waals surface area contributed by atoms with Gasteiger partial charge in [0.1, 0.15) is 17.3 Å². The van der Waals surface area contributed by atoms with Crippen molar-refractivity contribution in [1.29, 1.82) is 0 Å². The number of carbonyl (C=O) groups excluding carboxylic acids is 1. The molecule has 0 aliphatic heterocycles. The molecule has 5 nitrogen and oxygen atoms in total. The molecule has 0 radical (unpaired) electrons. The number of hydrogen-bond acceptors (Lipinski definition) is 5. The van der Waals surface area contributed by atoms with Crippen LogP contribution in [-0.2, 0) is 4.79 Å². The Labute approximate surface area is 183 Å². The van der Waals surface area contributed by atoms with E-state index < -0.39 is 6.10 Å². The first-order valence-corrected chi connectivity index (χ1v) is 11.5. The number of aliphatic hydroxyl groups excluding tert-OH is 1. The molecule has 172 valence electrons. The molecule has 5 heteroatoms. The molecule has 1 rings (SSSR count). The molecule has 5 unspecified atom stereocenters. The molecular formula is C25H43NO4. The molecule has 0 heterocycles. The van der Waals surface area contributed by atoms with Crippen LogP contribution in [0.25, 0.3) is 0 Å². The van der Waals surface area contributed by atoms with Gasteiger partial charge in [-0.1, -0.05) is 34.6 Å². The van der Waals surface area contributed by atoms with Gasteiger partial charge in [-0.05, 0) is 57.7 Å². The fraction of sp³-hybridized carbons (Fsp3) is 0.720. The minimum atomic E-state index is -0.691. The SMILES string of the molecule is CCC(C)Oc1cc(OC(C)CC)cc(C(O)CNC(C)CC(C)C(=O)C(C)C)c1. The Morgan fingerprint density at radius 2 is 1.43 bits per heavy atom. The highest BCUT2D eigenvalue weighted by Gasteiger charge is 2.20. The maximum atomic E-state index is 12.1. The van der Waals surface area contributed by atoms with Gasteiger partial charge in [-0.15, -0.1) is 0 Å². The van der Waals surface area contributed by atoms with Gasteiger partial charge in [-0.2, -0.15) is 0 Å². The van der Waals surface area contributed by atoms with E-state index in [-0.39, 0.29) is 35.9 Å². The van der Waals surface area contributed by atoms with Crippen LogP contribution in [0.4, 0.5) is 0 Å². The Balaban J connectivity index is 2.82. The zero-order chi connectivity index (χ0) is 22.8. The molecule has 0 amide bonds. The van der Waals surface area contributed by atoms with E-state index in [0.29, 0.717) is 18.0 Å². The molecule has 1 aromatic carbocycles. The number of nitrogens with one attached hydrogen (secondary N) is 1. The zero-order valence-electron chi connectivity index (χ0n) is 20.2. The van der Waals surface area contributed by atoms with E-state index >= 15 is 0 Å². The van der Waals surface area contributed by atoms with Crippen molar-refractivity contribution in [2.75, 3.05) is 6.54 Å². The molecular weight excluding hydrogens is 378 g/mol. The van der Waals surface area contributed by atoms with Gasteiger partial charge in [0.25, 0.3) is 0 Å². The number of rotatable bonds is 14. The maximum Gasteiger partial charge on any atom is 0.138 e. The Morgan fingerprint density at radius 1 is 0.933 bits per heavy atom. The highest BCUT2D eigenvalue weighted by molar-refractivity contribution is 5.82. The van der Waals surface area contributed by atoms with Crippen LogP contribution in [0.1, 0.15) is 86.3 Å². The smallest absolute Gasteiger partial charge is 0.138 e. The van der Waals surface area contributed by atoms with E-state index in [9.17, 15) is 9.90 Å². The van der Waals surface area contributed by atoms with Crippen LogP contribution in [-0.4, -0.2) is 35.7 Å². The first-order valence-electron chi connectivity index (χ1n) is 11.5. The molecule has 0 aliphatic carbocycles. The fourth-order valence-electron chi connectivity index (χ4n) is 3.28. The van der Waals surface area contributed by atoms with Gasteiger partial charge in [-0.25, -0.2) is 0 Å². The third kappa shape index (κ3) is 9.05. The second-order valence-electron chi connectivity index (χ2n) is 8.93. The third-order valence-electron chi connectivity index (χ3n) is 5.53. The third-order valence-corrected chi connectivity index (χ3v) is 5.53. The summed E-state index contributed by atoms with van der Waals surface area (Å²) in [6.07, 6.45) is 2.05. The first kappa shape index (κ1) is 26.4. The average molecular weight is 422 g/mol. The number of aliphatic hydroxyl groups is 1. The van der Waals surface area contributed by atoms with Crippen LogP contribution >= 0.6 is 0 Å². The average Bonchev–Trinajstić information content (AvgIpc) is 2.70. The molecule has 0 fully saturated rings. The van der Waals surface area contributed by atoms with Gasteiger partial charge in [-0.3, -0.25) is 4.79 Å². The highest BCUT2D eigenvalue weighted by atomic mass is 16.5. The number of benzene rings is 1. The topological polar surface area (TPSA) is 67.8 Å². The summed E-state index contributed by atoms with van der Waals surface area (Å²) in [6.45, 7) is 16.5. The Morgan fingerprint density at radius 3 is 1.87 bits per heavy atom. The lowest BCUT2D eigenvalue weighted by Gasteiger charge is -2.22.